The summed E-state index contributed by atoms with van der Waals surface area (Å²) in [5, 5.41) is 5.00. The lowest BCUT2D eigenvalue weighted by Gasteiger charge is -2.24. The summed E-state index contributed by atoms with van der Waals surface area (Å²) in [5.74, 6) is 1.53. The molecule has 1 amide bonds. The third kappa shape index (κ3) is 5.16. The van der Waals surface area contributed by atoms with E-state index < -0.39 is 0 Å². The Balaban J connectivity index is 1.56. The molecule has 0 fully saturated rings. The van der Waals surface area contributed by atoms with Gasteiger partial charge in [-0.1, -0.05) is 24.3 Å². The molecule has 4 aromatic rings. The molecule has 2 aromatic carbocycles. The van der Waals surface area contributed by atoms with Crippen LogP contribution in [0.25, 0.3) is 22.2 Å². The third-order valence-corrected chi connectivity index (χ3v) is 6.95. The van der Waals surface area contributed by atoms with E-state index in [0.29, 0.717) is 31.9 Å². The number of amides is 1. The van der Waals surface area contributed by atoms with Crippen LogP contribution in [0.3, 0.4) is 0 Å². The average molecular weight is 489 g/mol. The Kier molecular flexibility index (Phi) is 6.97. The molecule has 2 aromatic heterocycles. The number of benzene rings is 2. The molecule has 0 radical (unpaired) electrons. The fourth-order valence-corrected chi connectivity index (χ4v) is 5.05. The number of methoxy groups -OCH3 is 1. The highest BCUT2D eigenvalue weighted by atomic mass is 32.1. The van der Waals surface area contributed by atoms with Gasteiger partial charge in [0.25, 0.3) is 0 Å². The number of carbonyl (C=O) groups is 1. The maximum atomic E-state index is 13.4. The van der Waals surface area contributed by atoms with Crippen LogP contribution in [0.5, 0.6) is 11.5 Å². The second-order valence-corrected chi connectivity index (χ2v) is 9.46. The highest BCUT2D eigenvalue weighted by molar-refractivity contribution is 7.08. The van der Waals surface area contributed by atoms with E-state index in [1.165, 1.54) is 0 Å². The van der Waals surface area contributed by atoms with Crippen LogP contribution in [0.4, 0.5) is 0 Å². The van der Waals surface area contributed by atoms with Crippen molar-refractivity contribution in [2.24, 2.45) is 0 Å². The minimum absolute atomic E-state index is 0.0982. The first kappa shape index (κ1) is 23.3. The number of fused-ring (bicyclic) bond motifs is 2. The number of pyridine rings is 1. The molecular formula is C28H28N2O4S. The molecule has 1 aliphatic heterocycles. The Bertz CT molecular complexity index is 1340. The smallest absolute Gasteiger partial charge is 0.231 e. The molecule has 0 bridgehead atoms. The third-order valence-electron chi connectivity index (χ3n) is 6.21. The lowest BCUT2D eigenvalue weighted by Crippen LogP contribution is -2.33. The summed E-state index contributed by atoms with van der Waals surface area (Å²) in [6.07, 6.45) is 1.15. The van der Waals surface area contributed by atoms with Crippen LogP contribution in [0.15, 0.2) is 59.3 Å². The van der Waals surface area contributed by atoms with Gasteiger partial charge in [-0.2, -0.15) is 11.3 Å². The molecule has 6 nitrogen and oxygen atoms in total. The SMILES string of the molecule is COCCCN(Cc1cc2cc3c(cc2nc1-c1ccccc1C)OCO3)C(=O)Cc1ccsc1. The van der Waals surface area contributed by atoms with Crippen LogP contribution >= 0.6 is 11.3 Å². The van der Waals surface area contributed by atoms with E-state index in [1.54, 1.807) is 18.4 Å². The Hall–Kier alpha value is -3.42. The molecule has 0 atom stereocenters. The number of ether oxygens (including phenoxy) is 3. The topological polar surface area (TPSA) is 60.9 Å². The second-order valence-electron chi connectivity index (χ2n) is 8.68. The van der Waals surface area contributed by atoms with Crippen molar-refractivity contribution in [2.75, 3.05) is 27.1 Å². The highest BCUT2D eigenvalue weighted by Gasteiger charge is 2.21. The number of carbonyl (C=O) groups excluding carboxylic acids is 1. The number of nitrogens with zero attached hydrogens (tertiary/aromatic N) is 2. The van der Waals surface area contributed by atoms with E-state index in [-0.39, 0.29) is 12.7 Å². The van der Waals surface area contributed by atoms with Crippen molar-refractivity contribution in [3.05, 3.63) is 76.0 Å². The number of aromatic nitrogens is 1. The van der Waals surface area contributed by atoms with Gasteiger partial charge in [-0.3, -0.25) is 4.79 Å². The molecule has 0 saturated carbocycles. The Morgan fingerprint density at radius 3 is 2.74 bits per heavy atom. The van der Waals surface area contributed by atoms with Gasteiger partial charge >= 0.3 is 0 Å². The predicted molar refractivity (Wildman–Crippen MR) is 138 cm³/mol. The monoisotopic (exact) mass is 488 g/mol. The van der Waals surface area contributed by atoms with E-state index in [0.717, 1.165) is 51.0 Å². The fourth-order valence-electron chi connectivity index (χ4n) is 4.38. The summed E-state index contributed by atoms with van der Waals surface area (Å²) in [5.41, 5.74) is 5.96. The van der Waals surface area contributed by atoms with Gasteiger partial charge in [0, 0.05) is 43.8 Å². The highest BCUT2D eigenvalue weighted by Crippen LogP contribution is 2.38. The quantitative estimate of drug-likeness (QED) is 0.287. The van der Waals surface area contributed by atoms with Crippen LogP contribution in [-0.4, -0.2) is 42.8 Å². The lowest BCUT2D eigenvalue weighted by atomic mass is 9.98. The molecule has 0 saturated heterocycles. The zero-order valence-corrected chi connectivity index (χ0v) is 20.8. The molecule has 35 heavy (non-hydrogen) atoms. The molecule has 5 rings (SSSR count). The van der Waals surface area contributed by atoms with E-state index in [4.69, 9.17) is 19.2 Å². The van der Waals surface area contributed by atoms with Crippen molar-refractivity contribution in [2.45, 2.75) is 26.3 Å². The van der Waals surface area contributed by atoms with Crippen LogP contribution < -0.4 is 9.47 Å². The summed E-state index contributed by atoms with van der Waals surface area (Å²) in [4.78, 5) is 20.4. The second kappa shape index (κ2) is 10.5. The Labute approximate surface area is 209 Å². The van der Waals surface area contributed by atoms with E-state index >= 15 is 0 Å². The van der Waals surface area contributed by atoms with Gasteiger partial charge in [-0.25, -0.2) is 4.98 Å². The number of rotatable bonds is 9. The molecule has 0 N–H and O–H groups in total. The van der Waals surface area contributed by atoms with Crippen LogP contribution in [0.1, 0.15) is 23.1 Å². The van der Waals surface area contributed by atoms with E-state index in [9.17, 15) is 4.79 Å². The summed E-state index contributed by atoms with van der Waals surface area (Å²) in [6, 6.07) is 16.3. The predicted octanol–water partition coefficient (Wildman–Crippen LogP) is 5.61. The minimum atomic E-state index is 0.0982. The molecule has 7 heteroatoms. The summed E-state index contributed by atoms with van der Waals surface area (Å²) in [7, 11) is 1.69. The van der Waals surface area contributed by atoms with Gasteiger partial charge in [0.15, 0.2) is 11.5 Å². The van der Waals surface area contributed by atoms with Crippen LogP contribution in [-0.2, 0) is 22.5 Å². The van der Waals surface area contributed by atoms with Gasteiger partial charge < -0.3 is 19.1 Å². The van der Waals surface area contributed by atoms with Crippen LogP contribution in [0, 0.1) is 6.92 Å². The van der Waals surface area contributed by atoms with Gasteiger partial charge in [-0.05, 0) is 59.0 Å². The molecule has 0 unspecified atom stereocenters. The maximum Gasteiger partial charge on any atom is 0.231 e. The zero-order valence-electron chi connectivity index (χ0n) is 20.0. The van der Waals surface area contributed by atoms with Crippen molar-refractivity contribution in [1.29, 1.82) is 0 Å². The lowest BCUT2D eigenvalue weighted by molar-refractivity contribution is -0.131. The standard InChI is InChI=1S/C28H28N2O4S/c1-19-6-3-4-7-23(19)28-22(13-21-14-25-26(34-18-33-25)15-24(21)29-28)16-30(9-5-10-32-2)27(31)12-20-8-11-35-17-20/h3-4,6-8,11,13-15,17H,5,9-10,12,16,18H2,1-2H3. The molecule has 180 valence electrons. The Morgan fingerprint density at radius 1 is 1.14 bits per heavy atom. The number of aryl methyl sites for hydroxylation is 1. The number of hydrogen-bond acceptors (Lipinski definition) is 6. The minimum Gasteiger partial charge on any atom is -0.454 e. The van der Waals surface area contributed by atoms with E-state index in [1.807, 2.05) is 46.0 Å². The molecule has 0 spiro atoms. The molecule has 0 aliphatic carbocycles. The molecule has 1 aliphatic rings. The van der Waals surface area contributed by atoms with Crippen molar-refractivity contribution in [3.8, 4) is 22.8 Å². The summed E-state index contributed by atoms with van der Waals surface area (Å²) < 4.78 is 16.4. The molecular weight excluding hydrogens is 460 g/mol. The summed E-state index contributed by atoms with van der Waals surface area (Å²) in [6.45, 7) is 3.99. The van der Waals surface area contributed by atoms with Crippen molar-refractivity contribution < 1.29 is 19.0 Å². The average Bonchev–Trinajstić information content (AvgIpc) is 3.54. The maximum absolute atomic E-state index is 13.4. The van der Waals surface area contributed by atoms with Crippen molar-refractivity contribution in [3.63, 3.8) is 0 Å². The molecule has 3 heterocycles. The normalized spacial score (nSPS) is 12.3. The van der Waals surface area contributed by atoms with Gasteiger partial charge in [-0.15, -0.1) is 0 Å². The fraction of sp³-hybridized carbons (Fsp3) is 0.286. The van der Waals surface area contributed by atoms with Gasteiger partial charge in [0.2, 0.25) is 12.7 Å². The van der Waals surface area contributed by atoms with E-state index in [2.05, 4.69) is 25.1 Å². The number of hydrogen-bond donors (Lipinski definition) is 0. The van der Waals surface area contributed by atoms with Gasteiger partial charge in [0.1, 0.15) is 0 Å². The first-order valence-corrected chi connectivity index (χ1v) is 12.6. The van der Waals surface area contributed by atoms with Gasteiger partial charge in [0.05, 0.1) is 17.6 Å². The van der Waals surface area contributed by atoms with Crippen molar-refractivity contribution >= 4 is 28.1 Å². The number of thiophene rings is 1. The first-order chi connectivity index (χ1) is 17.1. The largest absolute Gasteiger partial charge is 0.454 e. The Morgan fingerprint density at radius 2 is 1.97 bits per heavy atom. The van der Waals surface area contributed by atoms with Crippen LogP contribution in [0.2, 0.25) is 0 Å². The summed E-state index contributed by atoms with van der Waals surface area (Å²) >= 11 is 1.61. The zero-order chi connectivity index (χ0) is 24.2. The first-order valence-electron chi connectivity index (χ1n) is 11.7. The van der Waals surface area contributed by atoms with Crippen molar-refractivity contribution in [1.82, 2.24) is 9.88 Å².